The lowest BCUT2D eigenvalue weighted by molar-refractivity contribution is 0.474. The molecule has 46 heavy (non-hydrogen) atoms. The lowest BCUT2D eigenvalue weighted by atomic mass is 9.92. The maximum atomic E-state index is 10.5. The van der Waals surface area contributed by atoms with Gasteiger partial charge in [-0.1, -0.05) is 125 Å². The van der Waals surface area contributed by atoms with Crippen molar-refractivity contribution in [2.45, 2.75) is 37.2 Å². The summed E-state index contributed by atoms with van der Waals surface area (Å²) in [5.74, 6) is 0.212. The number of para-hydroxylation sites is 1. The molecule has 1 heterocycles. The summed E-state index contributed by atoms with van der Waals surface area (Å²) in [4.78, 5) is 5.92. The van der Waals surface area contributed by atoms with Gasteiger partial charge in [-0.25, -0.2) is 0 Å². The maximum absolute atomic E-state index is 10.5. The standard InChI is InChI=1S/C41H35N2OPS/c1-2-3-11-27-20-21-38(44)30(22-27)25-43-37-18-8-6-16-34(37)41(42)46-40-24-29(32-17-10-13-28-12-4-5-14-31(28)32)23-35-33-15-7-9-19-39(33)45-26-36(35)40/h4-10,12-25,42,44-45H,2-3,11,26H2,1H3/b42-41?,43-25+. The van der Waals surface area contributed by atoms with Crippen LogP contribution in [0.1, 0.15) is 42.0 Å². The Bertz CT molecular complexity index is 2110. The maximum Gasteiger partial charge on any atom is 0.124 e. The van der Waals surface area contributed by atoms with E-state index in [1.807, 2.05) is 36.4 Å². The second kappa shape index (κ2) is 13.5. The molecule has 0 aromatic heterocycles. The van der Waals surface area contributed by atoms with Gasteiger partial charge in [0.15, 0.2) is 0 Å². The van der Waals surface area contributed by atoms with Crippen LogP contribution in [0.25, 0.3) is 33.0 Å². The van der Waals surface area contributed by atoms with Gasteiger partial charge in [-0.15, -0.1) is 0 Å². The summed E-state index contributed by atoms with van der Waals surface area (Å²) >= 11 is 1.52. The number of hydrogen-bond donors (Lipinski definition) is 2. The molecule has 1 atom stereocenters. The second-order valence-corrected chi connectivity index (χ2v) is 13.9. The smallest absolute Gasteiger partial charge is 0.124 e. The van der Waals surface area contributed by atoms with Crippen molar-refractivity contribution in [3.8, 4) is 28.0 Å². The van der Waals surface area contributed by atoms with E-state index in [9.17, 15) is 10.5 Å². The molecular weight excluding hydrogens is 600 g/mol. The van der Waals surface area contributed by atoms with Crippen molar-refractivity contribution in [2.24, 2.45) is 4.99 Å². The summed E-state index contributed by atoms with van der Waals surface area (Å²) in [6.45, 7) is 2.18. The van der Waals surface area contributed by atoms with Gasteiger partial charge >= 0.3 is 0 Å². The molecule has 6 aromatic carbocycles. The molecule has 2 N–H and O–H groups in total. The molecule has 6 aromatic rings. The van der Waals surface area contributed by atoms with E-state index in [0.29, 0.717) is 24.9 Å². The largest absolute Gasteiger partial charge is 0.507 e. The molecule has 1 aliphatic rings. The van der Waals surface area contributed by atoms with Crippen molar-refractivity contribution in [3.05, 3.63) is 144 Å². The number of aliphatic imine (C=N–C) groups is 1. The van der Waals surface area contributed by atoms with Crippen molar-refractivity contribution >= 4 is 53.4 Å². The molecule has 0 saturated carbocycles. The Labute approximate surface area is 276 Å². The minimum absolute atomic E-state index is 0.212. The van der Waals surface area contributed by atoms with Crippen molar-refractivity contribution in [3.63, 3.8) is 0 Å². The quantitative estimate of drug-likeness (QED) is 0.0757. The number of aryl methyl sites for hydroxylation is 1. The van der Waals surface area contributed by atoms with Gasteiger partial charge in [-0.05, 0) is 98.8 Å². The Kier molecular flexibility index (Phi) is 8.83. The zero-order valence-electron chi connectivity index (χ0n) is 25.8. The number of aromatic hydroxyl groups is 1. The van der Waals surface area contributed by atoms with Gasteiger partial charge in [0.2, 0.25) is 0 Å². The number of nitrogens with zero attached hydrogens (tertiary/aromatic N) is 1. The summed E-state index contributed by atoms with van der Waals surface area (Å²) in [6, 6.07) is 42.0. The lowest BCUT2D eigenvalue weighted by Gasteiger charge is -2.24. The highest BCUT2D eigenvalue weighted by Gasteiger charge is 2.22. The molecule has 0 bridgehead atoms. The molecule has 1 unspecified atom stereocenters. The number of nitrogens with one attached hydrogen (secondary N) is 1. The van der Waals surface area contributed by atoms with Crippen LogP contribution in [0.5, 0.6) is 5.75 Å². The molecule has 1 aliphatic heterocycles. The molecule has 0 fully saturated rings. The fourth-order valence-electron chi connectivity index (χ4n) is 6.17. The summed E-state index contributed by atoms with van der Waals surface area (Å²) in [5.41, 5.74) is 9.60. The van der Waals surface area contributed by atoms with Crippen LogP contribution in [0.15, 0.2) is 131 Å². The van der Waals surface area contributed by atoms with Gasteiger partial charge in [0, 0.05) is 22.2 Å². The number of hydrogen-bond acceptors (Lipinski definition) is 4. The van der Waals surface area contributed by atoms with Gasteiger partial charge in [0.1, 0.15) is 10.8 Å². The van der Waals surface area contributed by atoms with Crippen LogP contribution >= 0.6 is 20.3 Å². The zero-order valence-corrected chi connectivity index (χ0v) is 27.6. The van der Waals surface area contributed by atoms with Gasteiger partial charge in [0.25, 0.3) is 0 Å². The SMILES string of the molecule is CCCCc1ccc(O)c(/C=N/c2ccccc2C(=N)Sc2cc(-c3cccc4ccccc34)cc3c2CPc2ccccc2-3)c1. The predicted octanol–water partition coefficient (Wildman–Crippen LogP) is 10.9. The van der Waals surface area contributed by atoms with E-state index in [4.69, 9.17) is 4.99 Å². The third kappa shape index (κ3) is 6.16. The zero-order chi connectivity index (χ0) is 31.5. The molecule has 0 radical (unpaired) electrons. The second-order valence-electron chi connectivity index (χ2n) is 11.6. The molecule has 226 valence electrons. The number of fused-ring (bicyclic) bond motifs is 4. The van der Waals surface area contributed by atoms with Crippen LogP contribution in [0.3, 0.4) is 0 Å². The predicted molar refractivity (Wildman–Crippen MR) is 200 cm³/mol. The average Bonchev–Trinajstić information content (AvgIpc) is 3.10. The highest BCUT2D eigenvalue weighted by molar-refractivity contribution is 8.14. The monoisotopic (exact) mass is 634 g/mol. The van der Waals surface area contributed by atoms with Crippen molar-refractivity contribution in [2.75, 3.05) is 0 Å². The Balaban J connectivity index is 1.28. The normalized spacial score (nSPS) is 12.8. The molecule has 0 spiro atoms. The van der Waals surface area contributed by atoms with E-state index in [0.717, 1.165) is 41.4 Å². The Morgan fingerprint density at radius 1 is 0.848 bits per heavy atom. The number of rotatable bonds is 8. The summed E-state index contributed by atoms with van der Waals surface area (Å²) in [7, 11) is 0.695. The molecular formula is C41H35N2OPS. The first kappa shape index (κ1) is 30.2. The number of phenolic OH excluding ortho intramolecular Hbond substituents is 1. The van der Waals surface area contributed by atoms with Gasteiger partial charge in [-0.2, -0.15) is 0 Å². The number of unbranched alkanes of at least 4 members (excludes halogenated alkanes) is 1. The first-order valence-electron chi connectivity index (χ1n) is 15.8. The minimum Gasteiger partial charge on any atom is -0.507 e. The van der Waals surface area contributed by atoms with Gasteiger partial charge in [-0.3, -0.25) is 10.4 Å². The van der Waals surface area contributed by atoms with Crippen LogP contribution in [0, 0.1) is 5.41 Å². The highest BCUT2D eigenvalue weighted by Crippen LogP contribution is 2.45. The fraction of sp³-hybridized carbons (Fsp3) is 0.122. The Hall–Kier alpha value is -4.50. The van der Waals surface area contributed by atoms with Crippen LogP contribution in [0.2, 0.25) is 0 Å². The third-order valence-corrected chi connectivity index (χ3v) is 11.0. The highest BCUT2D eigenvalue weighted by atomic mass is 32.2. The molecule has 3 nitrogen and oxygen atoms in total. The van der Waals surface area contributed by atoms with E-state index in [2.05, 4.69) is 85.8 Å². The van der Waals surface area contributed by atoms with Crippen LogP contribution < -0.4 is 5.30 Å². The lowest BCUT2D eigenvalue weighted by Crippen LogP contribution is -2.09. The van der Waals surface area contributed by atoms with Crippen molar-refractivity contribution in [1.29, 1.82) is 5.41 Å². The van der Waals surface area contributed by atoms with Gasteiger partial charge in [0.05, 0.1) is 5.69 Å². The Morgan fingerprint density at radius 3 is 2.54 bits per heavy atom. The molecule has 5 heteroatoms. The van der Waals surface area contributed by atoms with Crippen LogP contribution in [-0.2, 0) is 12.6 Å². The van der Waals surface area contributed by atoms with Crippen molar-refractivity contribution < 1.29 is 5.11 Å². The van der Waals surface area contributed by atoms with Crippen LogP contribution in [0.4, 0.5) is 5.69 Å². The van der Waals surface area contributed by atoms with E-state index in [-0.39, 0.29) is 5.75 Å². The molecule has 0 saturated heterocycles. The van der Waals surface area contributed by atoms with Crippen molar-refractivity contribution in [1.82, 2.24) is 0 Å². The first-order valence-corrected chi connectivity index (χ1v) is 17.8. The van der Waals surface area contributed by atoms with Gasteiger partial charge < -0.3 is 5.11 Å². The van der Waals surface area contributed by atoms with Crippen LogP contribution in [-0.4, -0.2) is 16.4 Å². The average molecular weight is 635 g/mol. The van der Waals surface area contributed by atoms with E-state index < -0.39 is 0 Å². The number of benzene rings is 6. The van der Waals surface area contributed by atoms with E-state index in [1.54, 1.807) is 12.3 Å². The molecule has 0 amide bonds. The fourth-order valence-corrected chi connectivity index (χ4v) is 8.67. The number of thioether (sulfide) groups is 1. The third-order valence-electron chi connectivity index (χ3n) is 8.60. The molecule has 7 rings (SSSR count). The van der Waals surface area contributed by atoms with E-state index >= 15 is 0 Å². The van der Waals surface area contributed by atoms with E-state index in [1.165, 1.54) is 55.7 Å². The summed E-state index contributed by atoms with van der Waals surface area (Å²) in [5, 5.41) is 24.2. The number of phenols is 1. The summed E-state index contributed by atoms with van der Waals surface area (Å²) < 4.78 is 0. The summed E-state index contributed by atoms with van der Waals surface area (Å²) in [6.07, 6.45) is 5.89. The molecule has 0 aliphatic carbocycles. The first-order chi connectivity index (χ1) is 22.6. The Morgan fingerprint density at radius 2 is 1.63 bits per heavy atom. The topological polar surface area (TPSA) is 56.4 Å². The minimum atomic E-state index is 0.212.